The van der Waals surface area contributed by atoms with Crippen LogP contribution < -0.4 is 10.0 Å². The lowest BCUT2D eigenvalue weighted by Gasteiger charge is -2.15. The summed E-state index contributed by atoms with van der Waals surface area (Å²) in [5, 5.41) is 11.0. The van der Waals surface area contributed by atoms with E-state index in [2.05, 4.69) is 0 Å². The highest BCUT2D eigenvalue weighted by atomic mass is 32.2. The maximum atomic E-state index is 12.6. The summed E-state index contributed by atoms with van der Waals surface area (Å²) in [6.45, 7) is 0. The molecule has 23 heavy (non-hydrogen) atoms. The lowest BCUT2D eigenvalue weighted by atomic mass is 10.2. The predicted molar refractivity (Wildman–Crippen MR) is 92.9 cm³/mol. The first-order valence-corrected chi connectivity index (χ1v) is 7.93. The Kier molecular flexibility index (Phi) is 4.27. The van der Waals surface area contributed by atoms with Crippen molar-refractivity contribution in [1.82, 2.24) is 0 Å². The normalized spacial score (nSPS) is 16.2. The van der Waals surface area contributed by atoms with E-state index >= 15 is 0 Å². The SMILES string of the molecule is O=C([O-])c1cccc(N2C(=O)/C(=C/c3ccccc3)SC2=S)c1. The number of anilines is 1. The number of benzene rings is 2. The highest BCUT2D eigenvalue weighted by Crippen LogP contribution is 2.36. The second kappa shape index (κ2) is 6.36. The molecule has 3 rings (SSSR count). The molecule has 0 radical (unpaired) electrons. The molecule has 1 aliphatic rings. The zero-order valence-electron chi connectivity index (χ0n) is 11.8. The van der Waals surface area contributed by atoms with Gasteiger partial charge in [0, 0.05) is 0 Å². The van der Waals surface area contributed by atoms with Gasteiger partial charge in [0.05, 0.1) is 16.6 Å². The quantitative estimate of drug-likeness (QED) is 0.634. The number of hydrogen-bond acceptors (Lipinski definition) is 5. The van der Waals surface area contributed by atoms with Crippen molar-refractivity contribution in [3.63, 3.8) is 0 Å². The van der Waals surface area contributed by atoms with E-state index in [0.717, 1.165) is 5.56 Å². The summed E-state index contributed by atoms with van der Waals surface area (Å²) in [6, 6.07) is 15.4. The molecular weight excluding hydrogens is 330 g/mol. The number of carbonyl (C=O) groups is 2. The van der Waals surface area contributed by atoms with Gasteiger partial charge in [0.15, 0.2) is 4.32 Å². The number of aromatic carboxylic acids is 1. The van der Waals surface area contributed by atoms with Gasteiger partial charge in [-0.25, -0.2) is 0 Å². The lowest BCUT2D eigenvalue weighted by Crippen LogP contribution is -2.28. The third-order valence-electron chi connectivity index (χ3n) is 3.23. The Morgan fingerprint density at radius 1 is 1.13 bits per heavy atom. The fraction of sp³-hybridized carbons (Fsp3) is 0. The Morgan fingerprint density at radius 2 is 1.87 bits per heavy atom. The van der Waals surface area contributed by atoms with Crippen LogP contribution in [0.25, 0.3) is 6.08 Å². The summed E-state index contributed by atoms with van der Waals surface area (Å²) in [4.78, 5) is 25.4. The topological polar surface area (TPSA) is 60.4 Å². The molecule has 6 heteroatoms. The van der Waals surface area contributed by atoms with Gasteiger partial charge >= 0.3 is 0 Å². The first-order chi connectivity index (χ1) is 11.1. The summed E-state index contributed by atoms with van der Waals surface area (Å²) in [7, 11) is 0. The van der Waals surface area contributed by atoms with Crippen molar-refractivity contribution in [3.8, 4) is 0 Å². The van der Waals surface area contributed by atoms with E-state index in [0.29, 0.717) is 14.9 Å². The number of thiocarbonyl (C=S) groups is 1. The number of thioether (sulfide) groups is 1. The molecule has 1 saturated heterocycles. The Morgan fingerprint density at radius 3 is 2.57 bits per heavy atom. The summed E-state index contributed by atoms with van der Waals surface area (Å²) >= 11 is 6.46. The summed E-state index contributed by atoms with van der Waals surface area (Å²) in [5.74, 6) is -1.56. The minimum atomic E-state index is -1.29. The summed E-state index contributed by atoms with van der Waals surface area (Å²) < 4.78 is 0.368. The molecule has 1 aliphatic heterocycles. The standard InChI is InChI=1S/C17H11NO3S2/c19-15-14(9-11-5-2-1-3-6-11)23-17(22)18(15)13-8-4-7-12(10-13)16(20)21/h1-10H,(H,20,21)/p-1/b14-9-. The second-order valence-electron chi connectivity index (χ2n) is 4.77. The van der Waals surface area contributed by atoms with Crippen LogP contribution in [0.5, 0.6) is 0 Å². The van der Waals surface area contributed by atoms with Crippen molar-refractivity contribution < 1.29 is 14.7 Å². The number of rotatable bonds is 3. The van der Waals surface area contributed by atoms with Crippen LogP contribution in [0, 0.1) is 0 Å². The van der Waals surface area contributed by atoms with E-state index in [4.69, 9.17) is 12.2 Å². The number of carbonyl (C=O) groups excluding carboxylic acids is 2. The third kappa shape index (κ3) is 3.18. The molecule has 0 atom stereocenters. The monoisotopic (exact) mass is 340 g/mol. The van der Waals surface area contributed by atoms with Gasteiger partial charge in [-0.1, -0.05) is 66.4 Å². The van der Waals surface area contributed by atoms with Crippen molar-refractivity contribution in [2.75, 3.05) is 4.90 Å². The van der Waals surface area contributed by atoms with Crippen LogP contribution in [-0.4, -0.2) is 16.2 Å². The third-order valence-corrected chi connectivity index (χ3v) is 4.53. The maximum Gasteiger partial charge on any atom is 0.270 e. The summed E-state index contributed by atoms with van der Waals surface area (Å²) in [5.41, 5.74) is 1.32. The average Bonchev–Trinajstić information content (AvgIpc) is 2.82. The smallest absolute Gasteiger partial charge is 0.270 e. The van der Waals surface area contributed by atoms with Crippen molar-refractivity contribution in [2.24, 2.45) is 0 Å². The lowest BCUT2D eigenvalue weighted by molar-refractivity contribution is -0.255. The molecule has 4 nitrogen and oxygen atoms in total. The van der Waals surface area contributed by atoms with E-state index in [-0.39, 0.29) is 11.5 Å². The van der Waals surface area contributed by atoms with Crippen molar-refractivity contribution in [3.05, 3.63) is 70.6 Å². The van der Waals surface area contributed by atoms with Crippen LogP contribution in [0.3, 0.4) is 0 Å². The zero-order valence-corrected chi connectivity index (χ0v) is 13.4. The number of carboxylic acids is 1. The Labute approximate surface area is 142 Å². The van der Waals surface area contributed by atoms with Crippen molar-refractivity contribution in [2.45, 2.75) is 0 Å². The molecule has 0 aromatic heterocycles. The molecule has 2 aromatic carbocycles. The van der Waals surface area contributed by atoms with Gasteiger partial charge in [0.2, 0.25) is 0 Å². The van der Waals surface area contributed by atoms with Crippen molar-refractivity contribution >= 4 is 51.9 Å². The number of carboxylic acid groups (broad SMARTS) is 1. The fourth-order valence-electron chi connectivity index (χ4n) is 2.16. The molecule has 0 aliphatic carbocycles. The molecule has 0 spiro atoms. The molecule has 0 unspecified atom stereocenters. The van der Waals surface area contributed by atoms with Crippen LogP contribution in [0.15, 0.2) is 59.5 Å². The van der Waals surface area contributed by atoms with E-state index in [1.165, 1.54) is 28.8 Å². The fourth-order valence-corrected chi connectivity index (χ4v) is 3.46. The molecule has 0 saturated carbocycles. The van der Waals surface area contributed by atoms with Crippen molar-refractivity contribution in [1.29, 1.82) is 0 Å². The molecule has 2 aromatic rings. The van der Waals surface area contributed by atoms with Gasteiger partial charge in [-0.05, 0) is 29.3 Å². The Bertz CT molecular complexity index is 831. The van der Waals surface area contributed by atoms with E-state index < -0.39 is 5.97 Å². The molecule has 114 valence electrons. The highest BCUT2D eigenvalue weighted by molar-refractivity contribution is 8.27. The Hall–Kier alpha value is -2.44. The van der Waals surface area contributed by atoms with Crippen LogP contribution in [0.2, 0.25) is 0 Å². The van der Waals surface area contributed by atoms with Crippen LogP contribution in [-0.2, 0) is 4.79 Å². The van der Waals surface area contributed by atoms with Gasteiger partial charge in [-0.3, -0.25) is 9.69 Å². The predicted octanol–water partition coefficient (Wildman–Crippen LogP) is 2.46. The van der Waals surface area contributed by atoms with Gasteiger partial charge in [-0.2, -0.15) is 0 Å². The second-order valence-corrected chi connectivity index (χ2v) is 6.44. The molecule has 1 amide bonds. The number of nitrogens with zero attached hydrogens (tertiary/aromatic N) is 1. The summed E-state index contributed by atoms with van der Waals surface area (Å²) in [6.07, 6.45) is 1.77. The van der Waals surface area contributed by atoms with E-state index in [1.807, 2.05) is 30.3 Å². The Balaban J connectivity index is 1.95. The van der Waals surface area contributed by atoms with Gasteiger partial charge < -0.3 is 9.90 Å². The molecule has 0 bridgehead atoms. The van der Waals surface area contributed by atoms with Gasteiger partial charge in [-0.15, -0.1) is 0 Å². The van der Waals surface area contributed by atoms with Gasteiger partial charge in [0.25, 0.3) is 5.91 Å². The number of amides is 1. The molecule has 1 fully saturated rings. The molecule has 1 heterocycles. The molecule has 0 N–H and O–H groups in total. The molecular formula is C17H10NO3S2-. The van der Waals surface area contributed by atoms with Crippen LogP contribution >= 0.6 is 24.0 Å². The van der Waals surface area contributed by atoms with Gasteiger partial charge in [0.1, 0.15) is 0 Å². The van der Waals surface area contributed by atoms with Crippen LogP contribution in [0.1, 0.15) is 15.9 Å². The minimum absolute atomic E-state index is 0.00332. The first kappa shape index (κ1) is 15.5. The zero-order chi connectivity index (χ0) is 16.4. The first-order valence-electron chi connectivity index (χ1n) is 6.70. The van der Waals surface area contributed by atoms with E-state index in [1.54, 1.807) is 18.2 Å². The highest BCUT2D eigenvalue weighted by Gasteiger charge is 2.33. The average molecular weight is 340 g/mol. The van der Waals surface area contributed by atoms with Crippen LogP contribution in [0.4, 0.5) is 5.69 Å². The largest absolute Gasteiger partial charge is 0.545 e. The van der Waals surface area contributed by atoms with E-state index in [9.17, 15) is 14.7 Å². The minimum Gasteiger partial charge on any atom is -0.545 e. The number of hydrogen-bond donors (Lipinski definition) is 0. The maximum absolute atomic E-state index is 12.6.